The monoisotopic (exact) mass is 408 g/mol. The van der Waals surface area contributed by atoms with E-state index in [0.717, 1.165) is 47.9 Å². The van der Waals surface area contributed by atoms with Gasteiger partial charge >= 0.3 is 0 Å². The fourth-order valence-corrected chi connectivity index (χ4v) is 3.58. The fourth-order valence-electron chi connectivity index (χ4n) is 3.58. The van der Waals surface area contributed by atoms with Gasteiger partial charge in [0.2, 0.25) is 5.95 Å². The minimum Gasteiger partial charge on any atom is -0.493 e. The Morgan fingerprint density at radius 3 is 2.77 bits per heavy atom. The number of fused-ring (bicyclic) bond motifs is 1. The molecule has 1 aromatic carbocycles. The second kappa shape index (κ2) is 9.53. The molecule has 0 amide bonds. The Bertz CT molecular complexity index is 970. The Hall–Kier alpha value is -3.20. The van der Waals surface area contributed by atoms with E-state index in [0.29, 0.717) is 24.8 Å². The molecule has 0 bridgehead atoms. The molecule has 9 heteroatoms. The molecule has 0 spiro atoms. The topological polar surface area (TPSA) is 123 Å². The maximum absolute atomic E-state index is 6.02. The molecule has 4 rings (SSSR count). The third-order valence-corrected chi connectivity index (χ3v) is 5.15. The number of piperidine rings is 1. The van der Waals surface area contributed by atoms with Crippen molar-refractivity contribution >= 4 is 28.5 Å². The fraction of sp³-hybridized carbons (Fsp3) is 0.429. The van der Waals surface area contributed by atoms with Crippen LogP contribution in [0.4, 0.5) is 17.6 Å². The summed E-state index contributed by atoms with van der Waals surface area (Å²) in [5.41, 5.74) is 7.38. The number of nitrogens with one attached hydrogen (secondary N) is 3. The second-order valence-electron chi connectivity index (χ2n) is 7.51. The number of nitrogens with two attached hydrogens (primary N) is 1. The Labute approximate surface area is 175 Å². The van der Waals surface area contributed by atoms with Gasteiger partial charge in [0.15, 0.2) is 0 Å². The van der Waals surface area contributed by atoms with Crippen LogP contribution in [-0.4, -0.2) is 52.7 Å². The highest BCUT2D eigenvalue weighted by molar-refractivity contribution is 5.89. The van der Waals surface area contributed by atoms with Gasteiger partial charge in [-0.15, -0.1) is 0 Å². The second-order valence-corrected chi connectivity index (χ2v) is 7.51. The van der Waals surface area contributed by atoms with Crippen LogP contribution in [0.1, 0.15) is 18.5 Å². The van der Waals surface area contributed by atoms with Crippen LogP contribution >= 0.6 is 0 Å². The molecule has 158 valence electrons. The Kier molecular flexibility index (Phi) is 6.38. The molecular weight excluding hydrogens is 380 g/mol. The van der Waals surface area contributed by atoms with E-state index in [1.165, 1.54) is 12.8 Å². The van der Waals surface area contributed by atoms with Crippen LogP contribution in [0.3, 0.4) is 0 Å². The summed E-state index contributed by atoms with van der Waals surface area (Å²) in [4.78, 5) is 17.0. The predicted molar refractivity (Wildman–Crippen MR) is 119 cm³/mol. The first-order chi connectivity index (χ1) is 14.7. The largest absolute Gasteiger partial charge is 0.493 e. The lowest BCUT2D eigenvalue weighted by molar-refractivity contribution is 0.215. The van der Waals surface area contributed by atoms with Crippen molar-refractivity contribution in [1.29, 1.82) is 0 Å². The van der Waals surface area contributed by atoms with Crippen LogP contribution in [0.15, 0.2) is 30.6 Å². The molecule has 0 aliphatic carbocycles. The molecular formula is C21H28N8O. The van der Waals surface area contributed by atoms with E-state index < -0.39 is 0 Å². The molecule has 3 heterocycles. The van der Waals surface area contributed by atoms with Crippen molar-refractivity contribution in [3.05, 3.63) is 36.3 Å². The summed E-state index contributed by atoms with van der Waals surface area (Å²) in [5, 5.41) is 10.9. The van der Waals surface area contributed by atoms with Gasteiger partial charge in [0.1, 0.15) is 23.7 Å². The summed E-state index contributed by atoms with van der Waals surface area (Å²) in [6.45, 7) is 6.13. The third kappa shape index (κ3) is 5.24. The molecule has 1 fully saturated rings. The van der Waals surface area contributed by atoms with Gasteiger partial charge < -0.3 is 26.4 Å². The number of nitrogen functional groups attached to an aromatic ring is 1. The number of rotatable bonds is 8. The molecule has 3 aromatic rings. The first-order valence-corrected chi connectivity index (χ1v) is 10.3. The molecule has 0 saturated carbocycles. The molecule has 1 aliphatic rings. The number of aryl methyl sites for hydroxylation is 1. The lowest BCUT2D eigenvalue weighted by Gasteiger charge is -2.22. The maximum atomic E-state index is 6.02. The van der Waals surface area contributed by atoms with Crippen molar-refractivity contribution in [2.45, 2.75) is 19.8 Å². The lowest BCUT2D eigenvalue weighted by atomic mass is 9.99. The zero-order valence-corrected chi connectivity index (χ0v) is 17.2. The Morgan fingerprint density at radius 1 is 1.10 bits per heavy atom. The Balaban J connectivity index is 1.33. The molecule has 1 aliphatic heterocycles. The number of hydrogen-bond donors (Lipinski definition) is 4. The lowest BCUT2D eigenvalue weighted by Crippen LogP contribution is -2.30. The molecule has 5 N–H and O–H groups in total. The third-order valence-electron chi connectivity index (χ3n) is 5.15. The minimum atomic E-state index is 0.269. The van der Waals surface area contributed by atoms with E-state index in [4.69, 9.17) is 10.5 Å². The van der Waals surface area contributed by atoms with Crippen molar-refractivity contribution in [3.8, 4) is 5.75 Å². The van der Waals surface area contributed by atoms with E-state index in [1.54, 1.807) is 6.33 Å². The van der Waals surface area contributed by atoms with Crippen LogP contribution in [0.5, 0.6) is 5.75 Å². The van der Waals surface area contributed by atoms with Crippen molar-refractivity contribution in [2.75, 3.05) is 49.2 Å². The maximum Gasteiger partial charge on any atom is 0.222 e. The van der Waals surface area contributed by atoms with Crippen molar-refractivity contribution in [3.63, 3.8) is 0 Å². The van der Waals surface area contributed by atoms with Crippen molar-refractivity contribution < 1.29 is 4.74 Å². The highest BCUT2D eigenvalue weighted by atomic mass is 16.5. The van der Waals surface area contributed by atoms with Gasteiger partial charge in [0.25, 0.3) is 0 Å². The molecule has 30 heavy (non-hydrogen) atoms. The van der Waals surface area contributed by atoms with Gasteiger partial charge in [-0.25, -0.2) is 15.0 Å². The zero-order chi connectivity index (χ0) is 20.8. The van der Waals surface area contributed by atoms with E-state index in [-0.39, 0.29) is 5.95 Å². The average Bonchev–Trinajstić information content (AvgIpc) is 2.75. The van der Waals surface area contributed by atoms with Crippen molar-refractivity contribution in [1.82, 2.24) is 25.3 Å². The van der Waals surface area contributed by atoms with Gasteiger partial charge in [-0.1, -0.05) is 0 Å². The van der Waals surface area contributed by atoms with Gasteiger partial charge in [-0.05, 0) is 50.9 Å². The zero-order valence-electron chi connectivity index (χ0n) is 17.2. The van der Waals surface area contributed by atoms with E-state index in [9.17, 15) is 0 Å². The van der Waals surface area contributed by atoms with Crippen molar-refractivity contribution in [2.24, 2.45) is 5.92 Å². The molecule has 0 atom stereocenters. The summed E-state index contributed by atoms with van der Waals surface area (Å²) in [5.74, 6) is 3.25. The molecule has 0 unspecified atom stereocenters. The smallest absolute Gasteiger partial charge is 0.222 e. The van der Waals surface area contributed by atoms with E-state index in [2.05, 4.69) is 35.9 Å². The van der Waals surface area contributed by atoms with Crippen LogP contribution in [0.2, 0.25) is 0 Å². The number of ether oxygens (including phenoxy) is 1. The number of anilines is 3. The van der Waals surface area contributed by atoms with Crippen LogP contribution < -0.4 is 26.4 Å². The summed E-state index contributed by atoms with van der Waals surface area (Å²) in [6, 6.07) is 7.84. The highest BCUT2D eigenvalue weighted by Crippen LogP contribution is 2.24. The molecule has 2 aromatic heterocycles. The van der Waals surface area contributed by atoms with Crippen LogP contribution in [0.25, 0.3) is 10.9 Å². The van der Waals surface area contributed by atoms with Crippen LogP contribution in [0, 0.1) is 12.8 Å². The summed E-state index contributed by atoms with van der Waals surface area (Å²) >= 11 is 0. The standard InChI is InChI=1S/C21H28N8O/c1-14-10-19(29-21(22)28-14)24-8-9-25-20-17-3-2-16(11-18(17)26-13-27-20)30-12-15-4-6-23-7-5-15/h2-3,10-11,13,15,23H,4-9,12H2,1H3,(H,25,26,27)(H3,22,24,28,29). The normalized spacial score (nSPS) is 14.6. The van der Waals surface area contributed by atoms with Gasteiger partial charge in [0.05, 0.1) is 12.1 Å². The number of aromatic nitrogens is 4. The van der Waals surface area contributed by atoms with Gasteiger partial charge in [0, 0.05) is 36.3 Å². The first kappa shape index (κ1) is 20.1. The highest BCUT2D eigenvalue weighted by Gasteiger charge is 2.14. The van der Waals surface area contributed by atoms with E-state index >= 15 is 0 Å². The van der Waals surface area contributed by atoms with E-state index in [1.807, 2.05) is 31.2 Å². The average molecular weight is 409 g/mol. The van der Waals surface area contributed by atoms with Gasteiger partial charge in [-0.3, -0.25) is 0 Å². The predicted octanol–water partition coefficient (Wildman–Crippen LogP) is 2.21. The summed E-state index contributed by atoms with van der Waals surface area (Å²) in [6.07, 6.45) is 3.90. The van der Waals surface area contributed by atoms with Gasteiger partial charge in [-0.2, -0.15) is 4.98 Å². The molecule has 9 nitrogen and oxygen atoms in total. The SMILES string of the molecule is Cc1cc(NCCNc2ncnc3cc(OCC4CCNCC4)ccc23)nc(N)n1. The summed E-state index contributed by atoms with van der Waals surface area (Å²) in [7, 11) is 0. The molecule has 1 saturated heterocycles. The first-order valence-electron chi connectivity index (χ1n) is 10.3. The molecule has 0 radical (unpaired) electrons. The quantitative estimate of drug-likeness (QED) is 0.415. The minimum absolute atomic E-state index is 0.269. The number of nitrogens with zero attached hydrogens (tertiary/aromatic N) is 4. The summed E-state index contributed by atoms with van der Waals surface area (Å²) < 4.78 is 6.02. The number of hydrogen-bond acceptors (Lipinski definition) is 9. The number of benzene rings is 1. The van der Waals surface area contributed by atoms with Crippen LogP contribution in [-0.2, 0) is 0 Å². The Morgan fingerprint density at radius 2 is 1.93 bits per heavy atom.